The molecule has 24 heavy (non-hydrogen) atoms. The lowest BCUT2D eigenvalue weighted by molar-refractivity contribution is 0.0696. The molecule has 1 aliphatic rings. The largest absolute Gasteiger partial charge is 0.478 e. The summed E-state index contributed by atoms with van der Waals surface area (Å²) in [7, 11) is 0. The maximum atomic E-state index is 10.9. The highest BCUT2D eigenvalue weighted by Crippen LogP contribution is 2.14. The molecule has 1 aromatic heterocycles. The summed E-state index contributed by atoms with van der Waals surface area (Å²) < 4.78 is 0. The number of aryl methyl sites for hydroxylation is 1. The number of anilines is 1. The van der Waals surface area contributed by atoms with Crippen LogP contribution in [0.4, 0.5) is 5.82 Å². The number of carboxylic acids is 1. The van der Waals surface area contributed by atoms with Gasteiger partial charge in [0.05, 0.1) is 5.56 Å². The Morgan fingerprint density at radius 2 is 1.79 bits per heavy atom. The lowest BCUT2D eigenvalue weighted by atomic mass is 10.1. The predicted octanol–water partition coefficient (Wildman–Crippen LogP) is 2.53. The molecular weight excluding hydrogens is 302 g/mol. The van der Waals surface area contributed by atoms with E-state index >= 15 is 0 Å². The molecule has 1 fully saturated rings. The van der Waals surface area contributed by atoms with Crippen molar-refractivity contribution in [2.75, 3.05) is 37.6 Å². The van der Waals surface area contributed by atoms with Crippen LogP contribution in [0.5, 0.6) is 0 Å². The molecule has 0 spiro atoms. The second kappa shape index (κ2) is 7.93. The van der Waals surface area contributed by atoms with Crippen molar-refractivity contribution in [1.29, 1.82) is 0 Å². The fraction of sp³-hybridized carbons (Fsp3) is 0.368. The first-order valence-electron chi connectivity index (χ1n) is 8.43. The van der Waals surface area contributed by atoms with Crippen LogP contribution >= 0.6 is 0 Å². The highest BCUT2D eigenvalue weighted by atomic mass is 16.4. The van der Waals surface area contributed by atoms with Crippen LogP contribution in [0.25, 0.3) is 0 Å². The zero-order chi connectivity index (χ0) is 16.8. The minimum absolute atomic E-state index is 0.235. The standard InChI is InChI=1S/C19H23N3O2/c23-19(24)17-8-9-18(20-15-17)22-13-11-21(12-14-22)10-4-7-16-5-2-1-3-6-16/h1-3,5-6,8-9,15H,4,7,10-14H2,(H,23,24). The number of rotatable bonds is 6. The molecular formula is C19H23N3O2. The molecule has 0 amide bonds. The second-order valence-corrected chi connectivity index (χ2v) is 6.13. The normalized spacial score (nSPS) is 15.4. The average molecular weight is 325 g/mol. The molecule has 0 radical (unpaired) electrons. The molecule has 2 aromatic rings. The highest BCUT2D eigenvalue weighted by molar-refractivity contribution is 5.87. The number of carboxylic acid groups (broad SMARTS) is 1. The lowest BCUT2D eigenvalue weighted by Crippen LogP contribution is -2.47. The summed E-state index contributed by atoms with van der Waals surface area (Å²) in [6.45, 7) is 5.04. The minimum atomic E-state index is -0.933. The predicted molar refractivity (Wildman–Crippen MR) is 94.6 cm³/mol. The molecule has 0 aliphatic carbocycles. The van der Waals surface area contributed by atoms with Gasteiger partial charge in [-0.3, -0.25) is 4.90 Å². The van der Waals surface area contributed by atoms with Crippen molar-refractivity contribution < 1.29 is 9.90 Å². The molecule has 126 valence electrons. The Hall–Kier alpha value is -2.40. The van der Waals surface area contributed by atoms with Crippen LogP contribution in [-0.2, 0) is 6.42 Å². The molecule has 1 N–H and O–H groups in total. The summed E-state index contributed by atoms with van der Waals surface area (Å²) in [5, 5.41) is 8.93. The van der Waals surface area contributed by atoms with Crippen LogP contribution in [0.15, 0.2) is 48.7 Å². The van der Waals surface area contributed by atoms with E-state index in [-0.39, 0.29) is 5.56 Å². The van der Waals surface area contributed by atoms with Gasteiger partial charge in [-0.15, -0.1) is 0 Å². The van der Waals surface area contributed by atoms with Crippen molar-refractivity contribution in [2.45, 2.75) is 12.8 Å². The number of benzene rings is 1. The van der Waals surface area contributed by atoms with Gasteiger partial charge in [0.2, 0.25) is 0 Å². The van der Waals surface area contributed by atoms with Gasteiger partial charge < -0.3 is 10.0 Å². The molecule has 3 rings (SSSR count). The SMILES string of the molecule is O=C(O)c1ccc(N2CCN(CCCc3ccccc3)CC2)nc1. The molecule has 1 aliphatic heterocycles. The van der Waals surface area contributed by atoms with Crippen LogP contribution in [0, 0.1) is 0 Å². The lowest BCUT2D eigenvalue weighted by Gasteiger charge is -2.35. The summed E-state index contributed by atoms with van der Waals surface area (Å²) in [6, 6.07) is 14.0. The van der Waals surface area contributed by atoms with E-state index in [9.17, 15) is 4.79 Å². The zero-order valence-electron chi connectivity index (χ0n) is 13.8. The Bertz CT molecular complexity index is 650. The smallest absolute Gasteiger partial charge is 0.337 e. The number of piperazine rings is 1. The van der Waals surface area contributed by atoms with Gasteiger partial charge in [-0.1, -0.05) is 30.3 Å². The number of aromatic nitrogens is 1. The third-order valence-corrected chi connectivity index (χ3v) is 4.47. The summed E-state index contributed by atoms with van der Waals surface area (Å²) in [5.41, 5.74) is 1.64. The molecule has 2 heterocycles. The summed E-state index contributed by atoms with van der Waals surface area (Å²) in [5.74, 6) is -0.0683. The summed E-state index contributed by atoms with van der Waals surface area (Å²) in [4.78, 5) is 19.9. The third kappa shape index (κ3) is 4.32. The van der Waals surface area contributed by atoms with Crippen molar-refractivity contribution in [1.82, 2.24) is 9.88 Å². The van der Waals surface area contributed by atoms with Gasteiger partial charge in [-0.05, 0) is 37.1 Å². The van der Waals surface area contributed by atoms with E-state index in [2.05, 4.69) is 45.1 Å². The zero-order valence-corrected chi connectivity index (χ0v) is 13.8. The van der Waals surface area contributed by atoms with E-state index in [1.807, 2.05) is 0 Å². The van der Waals surface area contributed by atoms with E-state index in [4.69, 9.17) is 5.11 Å². The number of hydrogen-bond acceptors (Lipinski definition) is 4. The van der Waals surface area contributed by atoms with Crippen LogP contribution in [0.1, 0.15) is 22.3 Å². The van der Waals surface area contributed by atoms with Crippen LogP contribution in [-0.4, -0.2) is 53.7 Å². The van der Waals surface area contributed by atoms with E-state index in [0.717, 1.165) is 45.0 Å². The van der Waals surface area contributed by atoms with E-state index in [0.29, 0.717) is 0 Å². The number of nitrogens with zero attached hydrogens (tertiary/aromatic N) is 3. The Morgan fingerprint density at radius 3 is 2.42 bits per heavy atom. The van der Waals surface area contributed by atoms with Crippen molar-refractivity contribution in [3.63, 3.8) is 0 Å². The Morgan fingerprint density at radius 1 is 1.04 bits per heavy atom. The summed E-state index contributed by atoms with van der Waals surface area (Å²) in [6.07, 6.45) is 3.73. The first-order chi connectivity index (χ1) is 11.7. The van der Waals surface area contributed by atoms with Gasteiger partial charge in [0.1, 0.15) is 5.82 Å². The van der Waals surface area contributed by atoms with Crippen LogP contribution < -0.4 is 4.90 Å². The second-order valence-electron chi connectivity index (χ2n) is 6.13. The average Bonchev–Trinajstić information content (AvgIpc) is 2.63. The topological polar surface area (TPSA) is 56.7 Å². The van der Waals surface area contributed by atoms with Crippen molar-refractivity contribution >= 4 is 11.8 Å². The number of pyridine rings is 1. The highest BCUT2D eigenvalue weighted by Gasteiger charge is 2.17. The molecule has 0 bridgehead atoms. The molecule has 5 heteroatoms. The minimum Gasteiger partial charge on any atom is -0.478 e. The number of carbonyl (C=O) groups is 1. The number of hydrogen-bond donors (Lipinski definition) is 1. The Labute approximate surface area is 142 Å². The molecule has 0 atom stereocenters. The Balaban J connectivity index is 1.43. The monoisotopic (exact) mass is 325 g/mol. The van der Waals surface area contributed by atoms with Crippen molar-refractivity contribution in [2.24, 2.45) is 0 Å². The molecule has 1 aromatic carbocycles. The Kier molecular flexibility index (Phi) is 5.43. The maximum Gasteiger partial charge on any atom is 0.337 e. The van der Waals surface area contributed by atoms with Crippen molar-refractivity contribution in [3.05, 3.63) is 59.8 Å². The third-order valence-electron chi connectivity index (χ3n) is 4.47. The first-order valence-corrected chi connectivity index (χ1v) is 8.43. The van der Waals surface area contributed by atoms with Crippen molar-refractivity contribution in [3.8, 4) is 0 Å². The fourth-order valence-electron chi connectivity index (χ4n) is 3.05. The summed E-state index contributed by atoms with van der Waals surface area (Å²) >= 11 is 0. The van der Waals surface area contributed by atoms with Crippen LogP contribution in [0.2, 0.25) is 0 Å². The molecule has 0 saturated carbocycles. The van der Waals surface area contributed by atoms with Gasteiger partial charge >= 0.3 is 5.97 Å². The van der Waals surface area contributed by atoms with Gasteiger partial charge in [-0.2, -0.15) is 0 Å². The van der Waals surface area contributed by atoms with Gasteiger partial charge in [0.25, 0.3) is 0 Å². The maximum absolute atomic E-state index is 10.9. The van der Waals surface area contributed by atoms with E-state index < -0.39 is 5.97 Å². The van der Waals surface area contributed by atoms with E-state index in [1.165, 1.54) is 18.2 Å². The van der Waals surface area contributed by atoms with E-state index in [1.54, 1.807) is 12.1 Å². The molecule has 5 nitrogen and oxygen atoms in total. The van der Waals surface area contributed by atoms with Crippen LogP contribution in [0.3, 0.4) is 0 Å². The van der Waals surface area contributed by atoms with Gasteiger partial charge in [0.15, 0.2) is 0 Å². The van der Waals surface area contributed by atoms with Gasteiger partial charge in [-0.25, -0.2) is 9.78 Å². The molecule has 1 saturated heterocycles. The fourth-order valence-corrected chi connectivity index (χ4v) is 3.05. The molecule has 0 unspecified atom stereocenters. The quantitative estimate of drug-likeness (QED) is 0.884. The number of aromatic carboxylic acids is 1. The van der Waals surface area contributed by atoms with Gasteiger partial charge in [0, 0.05) is 32.4 Å². The first kappa shape index (κ1) is 16.5.